The first-order valence-corrected chi connectivity index (χ1v) is 7.01. The van der Waals surface area contributed by atoms with E-state index in [-0.39, 0.29) is 0 Å². The molecule has 0 bridgehead atoms. The molecule has 2 aromatic carbocycles. The second kappa shape index (κ2) is 6.77. The molecular weight excluding hydrogens is 344 g/mol. The van der Waals surface area contributed by atoms with Crippen molar-refractivity contribution in [3.05, 3.63) is 57.0 Å². The maximum Gasteiger partial charge on any atom is 0.153 e. The Bertz CT molecular complexity index is 629. The van der Waals surface area contributed by atoms with Gasteiger partial charge in [0.05, 0.1) is 12.7 Å². The van der Waals surface area contributed by atoms with E-state index in [4.69, 9.17) is 21.1 Å². The number of methoxy groups -OCH3 is 1. The van der Waals surface area contributed by atoms with Crippen LogP contribution in [0.4, 0.5) is 0 Å². The summed E-state index contributed by atoms with van der Waals surface area (Å²) in [6.45, 7) is 0.320. The topological polar surface area (TPSA) is 35.5 Å². The number of carbonyl (C=O) groups is 1. The molecule has 20 heavy (non-hydrogen) atoms. The van der Waals surface area contributed by atoms with Crippen molar-refractivity contribution < 1.29 is 14.3 Å². The van der Waals surface area contributed by atoms with Crippen molar-refractivity contribution in [2.75, 3.05) is 7.11 Å². The van der Waals surface area contributed by atoms with Crippen molar-refractivity contribution >= 4 is 33.8 Å². The molecule has 0 spiro atoms. The molecule has 0 aliphatic rings. The number of benzene rings is 2. The average molecular weight is 356 g/mol. The molecule has 0 unspecified atom stereocenters. The van der Waals surface area contributed by atoms with Crippen LogP contribution in [0.2, 0.25) is 5.02 Å². The number of rotatable bonds is 5. The summed E-state index contributed by atoms with van der Waals surface area (Å²) < 4.78 is 11.8. The molecule has 0 N–H and O–H groups in total. The Balaban J connectivity index is 2.18. The molecule has 2 rings (SSSR count). The molecule has 0 aliphatic heterocycles. The minimum atomic E-state index is 0.320. The summed E-state index contributed by atoms with van der Waals surface area (Å²) >= 11 is 9.29. The fourth-order valence-corrected chi connectivity index (χ4v) is 2.23. The van der Waals surface area contributed by atoms with Crippen LogP contribution >= 0.6 is 27.5 Å². The van der Waals surface area contributed by atoms with E-state index in [1.54, 1.807) is 25.3 Å². The van der Waals surface area contributed by atoms with E-state index in [1.807, 2.05) is 18.2 Å². The van der Waals surface area contributed by atoms with Gasteiger partial charge in [-0.05, 0) is 36.4 Å². The third kappa shape index (κ3) is 3.52. The second-order valence-corrected chi connectivity index (χ2v) is 5.34. The fourth-order valence-electron chi connectivity index (χ4n) is 1.69. The predicted octanol–water partition coefficient (Wildman–Crippen LogP) is 4.50. The zero-order valence-electron chi connectivity index (χ0n) is 10.7. The van der Waals surface area contributed by atoms with Gasteiger partial charge < -0.3 is 9.47 Å². The zero-order valence-corrected chi connectivity index (χ0v) is 13.1. The number of ether oxygens (including phenoxy) is 2. The van der Waals surface area contributed by atoms with Gasteiger partial charge in [-0.1, -0.05) is 27.5 Å². The molecule has 0 heterocycles. The number of carbonyl (C=O) groups excluding carboxylic acids is 1. The van der Waals surface area contributed by atoms with Gasteiger partial charge >= 0.3 is 0 Å². The van der Waals surface area contributed by atoms with Gasteiger partial charge in [-0.3, -0.25) is 4.79 Å². The van der Waals surface area contributed by atoms with E-state index in [9.17, 15) is 4.79 Å². The SMILES string of the molecule is COc1ccc(Br)c(COc2ccc(Cl)cc2C=O)c1. The van der Waals surface area contributed by atoms with E-state index in [1.165, 1.54) is 0 Å². The molecule has 0 atom stereocenters. The van der Waals surface area contributed by atoms with Gasteiger partial charge in [-0.2, -0.15) is 0 Å². The van der Waals surface area contributed by atoms with Crippen molar-refractivity contribution in [1.82, 2.24) is 0 Å². The Hall–Kier alpha value is -1.52. The monoisotopic (exact) mass is 354 g/mol. The fraction of sp³-hybridized carbons (Fsp3) is 0.133. The Labute approximate surface area is 130 Å². The van der Waals surface area contributed by atoms with Crippen molar-refractivity contribution in [1.29, 1.82) is 0 Å². The van der Waals surface area contributed by atoms with Gasteiger partial charge in [0, 0.05) is 15.1 Å². The highest BCUT2D eigenvalue weighted by Crippen LogP contribution is 2.26. The summed E-state index contributed by atoms with van der Waals surface area (Å²) in [5.41, 5.74) is 1.35. The largest absolute Gasteiger partial charge is 0.497 e. The van der Waals surface area contributed by atoms with Crippen LogP contribution in [0.15, 0.2) is 40.9 Å². The van der Waals surface area contributed by atoms with Crippen LogP contribution in [-0.4, -0.2) is 13.4 Å². The standard InChI is InChI=1S/C15H12BrClO3/c1-19-13-3-4-14(16)11(7-13)9-20-15-5-2-12(17)6-10(15)8-18/h2-8H,9H2,1H3. The smallest absolute Gasteiger partial charge is 0.153 e. The summed E-state index contributed by atoms with van der Waals surface area (Å²) in [6, 6.07) is 10.6. The average Bonchev–Trinajstić information content (AvgIpc) is 2.47. The third-order valence-electron chi connectivity index (χ3n) is 2.73. The highest BCUT2D eigenvalue weighted by Gasteiger charge is 2.07. The lowest BCUT2D eigenvalue weighted by atomic mass is 10.2. The van der Waals surface area contributed by atoms with Gasteiger partial charge in [0.1, 0.15) is 18.1 Å². The maximum absolute atomic E-state index is 11.0. The molecule has 0 aromatic heterocycles. The molecule has 0 saturated heterocycles. The summed E-state index contributed by atoms with van der Waals surface area (Å²) in [5, 5.41) is 0.502. The predicted molar refractivity (Wildman–Crippen MR) is 81.9 cm³/mol. The van der Waals surface area contributed by atoms with E-state index in [0.717, 1.165) is 22.1 Å². The van der Waals surface area contributed by atoms with Crippen LogP contribution in [0.1, 0.15) is 15.9 Å². The number of hydrogen-bond donors (Lipinski definition) is 0. The molecule has 0 saturated carbocycles. The Morgan fingerprint density at radius 1 is 1.25 bits per heavy atom. The van der Waals surface area contributed by atoms with Crippen LogP contribution < -0.4 is 9.47 Å². The summed E-state index contributed by atoms with van der Waals surface area (Å²) in [4.78, 5) is 11.0. The van der Waals surface area contributed by atoms with Crippen LogP contribution in [-0.2, 0) is 6.61 Å². The highest BCUT2D eigenvalue weighted by atomic mass is 79.9. The van der Waals surface area contributed by atoms with Gasteiger partial charge in [-0.25, -0.2) is 0 Å². The van der Waals surface area contributed by atoms with Crippen molar-refractivity contribution in [2.45, 2.75) is 6.61 Å². The lowest BCUT2D eigenvalue weighted by Crippen LogP contribution is -1.99. The molecule has 3 nitrogen and oxygen atoms in total. The van der Waals surface area contributed by atoms with Gasteiger partial charge in [0.25, 0.3) is 0 Å². The van der Waals surface area contributed by atoms with Crippen LogP contribution in [0.3, 0.4) is 0 Å². The minimum Gasteiger partial charge on any atom is -0.497 e. The van der Waals surface area contributed by atoms with Crippen molar-refractivity contribution in [2.24, 2.45) is 0 Å². The molecule has 0 radical (unpaired) electrons. The molecular formula is C15H12BrClO3. The number of aldehydes is 1. The van der Waals surface area contributed by atoms with E-state index in [2.05, 4.69) is 15.9 Å². The first-order valence-electron chi connectivity index (χ1n) is 5.84. The highest BCUT2D eigenvalue weighted by molar-refractivity contribution is 9.10. The lowest BCUT2D eigenvalue weighted by Gasteiger charge is -2.11. The molecule has 0 aliphatic carbocycles. The molecule has 0 fully saturated rings. The van der Waals surface area contributed by atoms with E-state index < -0.39 is 0 Å². The van der Waals surface area contributed by atoms with Crippen LogP contribution in [0.5, 0.6) is 11.5 Å². The Morgan fingerprint density at radius 3 is 2.75 bits per heavy atom. The van der Waals surface area contributed by atoms with Crippen LogP contribution in [0.25, 0.3) is 0 Å². The maximum atomic E-state index is 11.0. The number of halogens is 2. The quantitative estimate of drug-likeness (QED) is 0.741. The molecule has 5 heteroatoms. The first kappa shape index (κ1) is 14.9. The third-order valence-corrected chi connectivity index (χ3v) is 3.74. The lowest BCUT2D eigenvalue weighted by molar-refractivity contribution is 0.111. The van der Waals surface area contributed by atoms with E-state index in [0.29, 0.717) is 22.9 Å². The van der Waals surface area contributed by atoms with E-state index >= 15 is 0 Å². The van der Waals surface area contributed by atoms with Crippen molar-refractivity contribution in [3.8, 4) is 11.5 Å². The van der Waals surface area contributed by atoms with Gasteiger partial charge in [0.15, 0.2) is 6.29 Å². The molecule has 0 amide bonds. The summed E-state index contributed by atoms with van der Waals surface area (Å²) in [6.07, 6.45) is 0.724. The Morgan fingerprint density at radius 2 is 2.05 bits per heavy atom. The van der Waals surface area contributed by atoms with Gasteiger partial charge in [0.2, 0.25) is 0 Å². The summed E-state index contributed by atoms with van der Waals surface area (Å²) in [7, 11) is 1.61. The first-order chi connectivity index (χ1) is 9.63. The van der Waals surface area contributed by atoms with Crippen LogP contribution in [0, 0.1) is 0 Å². The van der Waals surface area contributed by atoms with Crippen molar-refractivity contribution in [3.63, 3.8) is 0 Å². The second-order valence-electron chi connectivity index (χ2n) is 4.05. The normalized spacial score (nSPS) is 10.2. The van der Waals surface area contributed by atoms with Gasteiger partial charge in [-0.15, -0.1) is 0 Å². The minimum absolute atomic E-state index is 0.320. The summed E-state index contributed by atoms with van der Waals surface area (Å²) in [5.74, 6) is 1.25. The number of hydrogen-bond acceptors (Lipinski definition) is 3. The zero-order chi connectivity index (χ0) is 14.5. The Kier molecular flexibility index (Phi) is 5.04. The molecule has 2 aromatic rings. The molecule has 104 valence electrons.